The van der Waals surface area contributed by atoms with Gasteiger partial charge in [0.05, 0.1) is 6.61 Å². The molecule has 0 saturated heterocycles. The lowest BCUT2D eigenvalue weighted by Crippen LogP contribution is -2.41. The third-order valence-corrected chi connectivity index (χ3v) is 2.95. The Morgan fingerprint density at radius 2 is 1.72 bits per heavy atom. The van der Waals surface area contributed by atoms with E-state index in [-0.39, 0.29) is 6.71 Å². The topological polar surface area (TPSA) is 9.23 Å². The molecule has 0 aromatic heterocycles. The van der Waals surface area contributed by atoms with Crippen molar-refractivity contribution in [2.75, 3.05) is 6.61 Å². The van der Waals surface area contributed by atoms with Crippen LogP contribution in [0.3, 0.4) is 0 Å². The summed E-state index contributed by atoms with van der Waals surface area (Å²) in [5.74, 6) is 2.90. The molecule has 2 aromatic rings. The van der Waals surface area contributed by atoms with E-state index < -0.39 is 0 Å². The van der Waals surface area contributed by atoms with Crippen LogP contribution in [0.25, 0.3) is 0 Å². The Bertz CT molecular complexity index is 508. The minimum absolute atomic E-state index is 0.175. The number of para-hydroxylation sites is 1. The molecule has 0 N–H and O–H groups in total. The summed E-state index contributed by atoms with van der Waals surface area (Å²) in [4.78, 5) is 0. The molecule has 0 fully saturated rings. The summed E-state index contributed by atoms with van der Waals surface area (Å²) >= 11 is 0. The van der Waals surface area contributed by atoms with Crippen molar-refractivity contribution in [3.8, 4) is 5.75 Å². The van der Waals surface area contributed by atoms with E-state index in [4.69, 9.17) is 4.74 Å². The van der Waals surface area contributed by atoms with E-state index in [1.165, 1.54) is 10.9 Å². The first-order valence-electron chi connectivity index (χ1n) is 6.26. The molecule has 0 bridgehead atoms. The molecular weight excluding hydrogens is 219 g/mol. The van der Waals surface area contributed by atoms with Gasteiger partial charge in [-0.15, -0.1) is 12.6 Å². The van der Waals surface area contributed by atoms with Crippen molar-refractivity contribution in [2.45, 2.75) is 6.92 Å². The molecule has 90 valence electrons. The van der Waals surface area contributed by atoms with E-state index in [1.807, 2.05) is 37.2 Å². The number of benzene rings is 2. The molecule has 2 heteroatoms. The van der Waals surface area contributed by atoms with Crippen LogP contribution in [0.2, 0.25) is 0 Å². The first-order chi connectivity index (χ1) is 8.86. The fraction of sp³-hybridized carbons (Fsp3) is 0.125. The summed E-state index contributed by atoms with van der Waals surface area (Å²) in [6, 6.07) is 18.5. The van der Waals surface area contributed by atoms with Crippen molar-refractivity contribution in [3.05, 3.63) is 67.2 Å². The molecular formula is C16H17BO. The highest BCUT2D eigenvalue weighted by Crippen LogP contribution is 2.08. The monoisotopic (exact) mass is 236 g/mol. The fourth-order valence-corrected chi connectivity index (χ4v) is 2.13. The molecule has 0 aliphatic rings. The molecule has 0 spiro atoms. The molecule has 0 unspecified atom stereocenters. The van der Waals surface area contributed by atoms with Gasteiger partial charge >= 0.3 is 0 Å². The van der Waals surface area contributed by atoms with Crippen LogP contribution in [0, 0.1) is 0 Å². The van der Waals surface area contributed by atoms with E-state index in [9.17, 15) is 0 Å². The summed E-state index contributed by atoms with van der Waals surface area (Å²) in [6.07, 6.45) is 0. The Morgan fingerprint density at radius 1 is 1.06 bits per heavy atom. The molecule has 2 aromatic carbocycles. The van der Waals surface area contributed by atoms with Crippen molar-refractivity contribution >= 4 is 17.6 Å². The zero-order valence-electron chi connectivity index (χ0n) is 10.7. The van der Waals surface area contributed by atoms with Crippen LogP contribution in [0.4, 0.5) is 0 Å². The van der Waals surface area contributed by atoms with Crippen molar-refractivity contribution in [1.82, 2.24) is 0 Å². The maximum absolute atomic E-state index is 5.69. The van der Waals surface area contributed by atoms with Crippen LogP contribution in [-0.4, -0.2) is 13.3 Å². The Kier molecular flexibility index (Phi) is 4.24. The van der Waals surface area contributed by atoms with Gasteiger partial charge in [-0.1, -0.05) is 54.0 Å². The van der Waals surface area contributed by atoms with Gasteiger partial charge in [-0.25, -0.2) is 0 Å². The quantitative estimate of drug-likeness (QED) is 0.724. The predicted molar refractivity (Wildman–Crippen MR) is 79.3 cm³/mol. The van der Waals surface area contributed by atoms with Gasteiger partial charge in [0.2, 0.25) is 6.71 Å². The highest BCUT2D eigenvalue weighted by molar-refractivity contribution is 6.89. The lowest BCUT2D eigenvalue weighted by molar-refractivity contribution is 0.343. The maximum Gasteiger partial charge on any atom is 0.238 e. The number of ether oxygens (including phenoxy) is 1. The zero-order valence-corrected chi connectivity index (χ0v) is 10.7. The van der Waals surface area contributed by atoms with Gasteiger partial charge in [-0.3, -0.25) is 0 Å². The number of rotatable bonds is 5. The Balaban J connectivity index is 2.42. The summed E-state index contributed by atoms with van der Waals surface area (Å²) < 4.78 is 5.69. The smallest absolute Gasteiger partial charge is 0.238 e. The highest BCUT2D eigenvalue weighted by Gasteiger charge is 2.18. The van der Waals surface area contributed by atoms with Crippen LogP contribution in [0.15, 0.2) is 67.2 Å². The lowest BCUT2D eigenvalue weighted by Gasteiger charge is -2.15. The second kappa shape index (κ2) is 6.11. The molecule has 1 nitrogen and oxygen atoms in total. The zero-order chi connectivity index (χ0) is 12.8. The largest absolute Gasteiger partial charge is 0.494 e. The SMILES string of the molecule is C=CB(c1ccccc1)c1ccccc1OCC. The van der Waals surface area contributed by atoms with E-state index in [1.54, 1.807) is 0 Å². The molecule has 0 heterocycles. The van der Waals surface area contributed by atoms with Gasteiger partial charge in [-0.2, -0.15) is 0 Å². The molecule has 2 rings (SSSR count). The van der Waals surface area contributed by atoms with Crippen molar-refractivity contribution in [1.29, 1.82) is 0 Å². The minimum Gasteiger partial charge on any atom is -0.494 e. The predicted octanol–water partition coefficient (Wildman–Crippen LogP) is 2.42. The van der Waals surface area contributed by atoms with Crippen LogP contribution in [0.5, 0.6) is 5.75 Å². The van der Waals surface area contributed by atoms with Gasteiger partial charge in [0.25, 0.3) is 0 Å². The molecule has 0 aliphatic carbocycles. The van der Waals surface area contributed by atoms with Crippen molar-refractivity contribution in [2.24, 2.45) is 0 Å². The second-order valence-corrected chi connectivity index (χ2v) is 4.09. The average Bonchev–Trinajstić information content (AvgIpc) is 2.43. The lowest BCUT2D eigenvalue weighted by atomic mass is 9.41. The van der Waals surface area contributed by atoms with Crippen LogP contribution in [-0.2, 0) is 0 Å². The summed E-state index contributed by atoms with van der Waals surface area (Å²) in [7, 11) is 0. The second-order valence-electron chi connectivity index (χ2n) is 4.09. The Labute approximate surface area is 109 Å². The Hall–Kier alpha value is -1.96. The first kappa shape index (κ1) is 12.5. The molecule has 0 amide bonds. The van der Waals surface area contributed by atoms with Crippen molar-refractivity contribution < 1.29 is 4.74 Å². The first-order valence-corrected chi connectivity index (χ1v) is 6.26. The van der Waals surface area contributed by atoms with Gasteiger partial charge < -0.3 is 4.74 Å². The Morgan fingerprint density at radius 3 is 2.39 bits per heavy atom. The van der Waals surface area contributed by atoms with Crippen LogP contribution < -0.4 is 15.7 Å². The molecule has 0 saturated carbocycles. The van der Waals surface area contributed by atoms with Gasteiger partial charge in [-0.05, 0) is 18.5 Å². The average molecular weight is 236 g/mol. The summed E-state index contributed by atoms with van der Waals surface area (Å²) in [5, 5.41) is 0. The van der Waals surface area contributed by atoms with Crippen molar-refractivity contribution in [3.63, 3.8) is 0 Å². The van der Waals surface area contributed by atoms with E-state index in [0.717, 1.165) is 5.75 Å². The molecule has 18 heavy (non-hydrogen) atoms. The molecule has 0 radical (unpaired) electrons. The van der Waals surface area contributed by atoms with Crippen LogP contribution in [0.1, 0.15) is 6.92 Å². The highest BCUT2D eigenvalue weighted by atomic mass is 16.5. The van der Waals surface area contributed by atoms with Gasteiger partial charge in [0.1, 0.15) is 5.75 Å². The van der Waals surface area contributed by atoms with E-state index in [0.29, 0.717) is 6.61 Å². The summed E-state index contributed by atoms with van der Waals surface area (Å²) in [6.45, 7) is 6.81. The fourth-order valence-electron chi connectivity index (χ4n) is 2.13. The van der Waals surface area contributed by atoms with E-state index >= 15 is 0 Å². The minimum atomic E-state index is 0.175. The third-order valence-electron chi connectivity index (χ3n) is 2.95. The maximum atomic E-state index is 5.69. The van der Waals surface area contributed by atoms with Gasteiger partial charge in [0.15, 0.2) is 0 Å². The number of hydrogen-bond acceptors (Lipinski definition) is 1. The third kappa shape index (κ3) is 2.65. The number of hydrogen-bond donors (Lipinski definition) is 0. The van der Waals surface area contributed by atoms with E-state index in [2.05, 4.69) is 36.9 Å². The van der Waals surface area contributed by atoms with Gasteiger partial charge in [0, 0.05) is 0 Å². The normalized spacial score (nSPS) is 9.83. The summed E-state index contributed by atoms with van der Waals surface area (Å²) in [5.41, 5.74) is 2.40. The standard InChI is InChI=1S/C16H17BO/c1-3-17(14-10-6-5-7-11-14)15-12-8-9-13-16(15)18-4-2/h3,5-13H,1,4H2,2H3. The molecule has 0 aliphatic heterocycles. The molecule has 0 atom stereocenters. The van der Waals surface area contributed by atoms with Crippen LogP contribution >= 0.6 is 0 Å².